The van der Waals surface area contributed by atoms with Crippen molar-refractivity contribution in [1.29, 1.82) is 0 Å². The second-order valence-electron chi connectivity index (χ2n) is 5.26. The summed E-state index contributed by atoms with van der Waals surface area (Å²) in [6.45, 7) is 6.77. The van der Waals surface area contributed by atoms with Crippen LogP contribution in [0.15, 0.2) is 18.2 Å². The van der Waals surface area contributed by atoms with Gasteiger partial charge in [0.1, 0.15) is 0 Å². The van der Waals surface area contributed by atoms with Gasteiger partial charge in [0.25, 0.3) is 0 Å². The summed E-state index contributed by atoms with van der Waals surface area (Å²) in [4.78, 5) is 2.36. The molecule has 16 heavy (non-hydrogen) atoms. The lowest BCUT2D eigenvalue weighted by Gasteiger charge is -2.22. The second kappa shape index (κ2) is 4.46. The highest BCUT2D eigenvalue weighted by Crippen LogP contribution is 2.36. The molecule has 1 saturated heterocycles. The molecule has 1 aromatic rings. The highest BCUT2D eigenvalue weighted by Gasteiger charge is 2.30. The van der Waals surface area contributed by atoms with Gasteiger partial charge in [0.15, 0.2) is 0 Å². The lowest BCUT2D eigenvalue weighted by Crippen LogP contribution is -2.22. The maximum atomic E-state index is 6.28. The SMILES string of the molecule is CC1(C)CCN(c2ccc(CCl)cc2Cl)C1. The molecule has 1 heterocycles. The average molecular weight is 258 g/mol. The van der Waals surface area contributed by atoms with Crippen LogP contribution in [0.5, 0.6) is 0 Å². The minimum atomic E-state index is 0.397. The predicted octanol–water partition coefficient (Wildman–Crippen LogP) is 4.32. The van der Waals surface area contributed by atoms with Crippen molar-refractivity contribution in [2.45, 2.75) is 26.1 Å². The first-order valence-corrected chi connectivity index (χ1v) is 6.52. The van der Waals surface area contributed by atoms with Crippen LogP contribution in [0.3, 0.4) is 0 Å². The van der Waals surface area contributed by atoms with E-state index < -0.39 is 0 Å². The third-order valence-corrected chi connectivity index (χ3v) is 3.80. The lowest BCUT2D eigenvalue weighted by atomic mass is 9.93. The van der Waals surface area contributed by atoms with E-state index >= 15 is 0 Å². The molecule has 3 heteroatoms. The Labute approximate surface area is 107 Å². The Morgan fingerprint density at radius 3 is 2.62 bits per heavy atom. The summed E-state index contributed by atoms with van der Waals surface area (Å²) in [5.74, 6) is 0.519. The minimum absolute atomic E-state index is 0.397. The van der Waals surface area contributed by atoms with Gasteiger partial charge in [-0.1, -0.05) is 31.5 Å². The van der Waals surface area contributed by atoms with Gasteiger partial charge in [-0.25, -0.2) is 0 Å². The Balaban J connectivity index is 2.22. The molecule has 0 amide bonds. The fourth-order valence-corrected chi connectivity index (χ4v) is 2.70. The van der Waals surface area contributed by atoms with Crippen LogP contribution in [0.25, 0.3) is 0 Å². The summed E-state index contributed by atoms with van der Waals surface area (Å²) >= 11 is 12.1. The first-order valence-electron chi connectivity index (χ1n) is 5.61. The number of alkyl halides is 1. The summed E-state index contributed by atoms with van der Waals surface area (Å²) in [6, 6.07) is 6.11. The van der Waals surface area contributed by atoms with Crippen LogP contribution >= 0.6 is 23.2 Å². The Bertz CT molecular complexity index is 388. The number of hydrogen-bond acceptors (Lipinski definition) is 1. The topological polar surface area (TPSA) is 3.24 Å². The van der Waals surface area contributed by atoms with E-state index in [-0.39, 0.29) is 0 Å². The fraction of sp³-hybridized carbons (Fsp3) is 0.538. The lowest BCUT2D eigenvalue weighted by molar-refractivity contribution is 0.418. The molecule has 0 N–H and O–H groups in total. The molecule has 88 valence electrons. The van der Waals surface area contributed by atoms with E-state index in [1.165, 1.54) is 6.42 Å². The summed E-state index contributed by atoms with van der Waals surface area (Å²) in [7, 11) is 0. The zero-order valence-electron chi connectivity index (χ0n) is 9.76. The summed E-state index contributed by atoms with van der Waals surface area (Å²) in [5.41, 5.74) is 2.61. The molecule has 0 atom stereocenters. The summed E-state index contributed by atoms with van der Waals surface area (Å²) in [5, 5.41) is 0.816. The fourth-order valence-electron chi connectivity index (χ4n) is 2.21. The minimum Gasteiger partial charge on any atom is -0.370 e. The molecule has 0 aromatic heterocycles. The second-order valence-corrected chi connectivity index (χ2v) is 5.93. The van der Waals surface area contributed by atoms with Crippen molar-refractivity contribution < 1.29 is 0 Å². The van der Waals surface area contributed by atoms with Gasteiger partial charge in [0.05, 0.1) is 10.7 Å². The van der Waals surface area contributed by atoms with Crippen LogP contribution in [-0.2, 0) is 5.88 Å². The Kier molecular flexibility index (Phi) is 3.37. The van der Waals surface area contributed by atoms with E-state index in [1.54, 1.807) is 0 Å². The first kappa shape index (κ1) is 12.1. The van der Waals surface area contributed by atoms with E-state index in [4.69, 9.17) is 23.2 Å². The molecule has 0 aliphatic carbocycles. The average Bonchev–Trinajstić information content (AvgIpc) is 2.58. The quantitative estimate of drug-likeness (QED) is 0.714. The van der Waals surface area contributed by atoms with Gasteiger partial charge < -0.3 is 4.90 Å². The highest BCUT2D eigenvalue weighted by atomic mass is 35.5. The van der Waals surface area contributed by atoms with Crippen molar-refractivity contribution in [3.63, 3.8) is 0 Å². The van der Waals surface area contributed by atoms with Crippen molar-refractivity contribution in [2.75, 3.05) is 18.0 Å². The smallest absolute Gasteiger partial charge is 0.0642 e. The summed E-state index contributed by atoms with van der Waals surface area (Å²) < 4.78 is 0. The molecule has 2 rings (SSSR count). The van der Waals surface area contributed by atoms with E-state index in [0.717, 1.165) is 29.4 Å². The Morgan fingerprint density at radius 1 is 1.38 bits per heavy atom. The van der Waals surface area contributed by atoms with Crippen LogP contribution in [0.1, 0.15) is 25.8 Å². The molecule has 0 radical (unpaired) electrons. The van der Waals surface area contributed by atoms with Crippen molar-refractivity contribution in [1.82, 2.24) is 0 Å². The monoisotopic (exact) mass is 257 g/mol. The number of nitrogens with zero attached hydrogens (tertiary/aromatic N) is 1. The van der Waals surface area contributed by atoms with Crippen molar-refractivity contribution in [3.05, 3.63) is 28.8 Å². The van der Waals surface area contributed by atoms with Crippen LogP contribution in [0.4, 0.5) is 5.69 Å². The molecule has 0 spiro atoms. The molecular weight excluding hydrogens is 241 g/mol. The predicted molar refractivity (Wildman–Crippen MR) is 71.6 cm³/mol. The zero-order chi connectivity index (χ0) is 11.8. The number of rotatable bonds is 2. The number of hydrogen-bond donors (Lipinski definition) is 0. The van der Waals surface area contributed by atoms with Crippen LogP contribution in [0.2, 0.25) is 5.02 Å². The van der Waals surface area contributed by atoms with E-state index in [1.807, 2.05) is 6.07 Å². The van der Waals surface area contributed by atoms with Crippen molar-refractivity contribution in [3.8, 4) is 0 Å². The normalized spacial score (nSPS) is 19.1. The van der Waals surface area contributed by atoms with Gasteiger partial charge >= 0.3 is 0 Å². The molecule has 1 nitrogen and oxygen atoms in total. The van der Waals surface area contributed by atoms with Crippen molar-refractivity contribution in [2.24, 2.45) is 5.41 Å². The van der Waals surface area contributed by atoms with Crippen LogP contribution in [0, 0.1) is 5.41 Å². The maximum Gasteiger partial charge on any atom is 0.0642 e. The molecule has 0 saturated carbocycles. The molecule has 0 unspecified atom stereocenters. The molecular formula is C13H17Cl2N. The van der Waals surface area contributed by atoms with E-state index in [9.17, 15) is 0 Å². The Morgan fingerprint density at radius 2 is 2.12 bits per heavy atom. The molecule has 0 bridgehead atoms. The van der Waals surface area contributed by atoms with E-state index in [0.29, 0.717) is 11.3 Å². The third-order valence-electron chi connectivity index (χ3n) is 3.18. The molecule has 1 aromatic carbocycles. The highest BCUT2D eigenvalue weighted by molar-refractivity contribution is 6.33. The number of halogens is 2. The standard InChI is InChI=1S/C13H17Cl2N/c1-13(2)5-6-16(9-13)12-4-3-10(8-14)7-11(12)15/h3-4,7H,5-6,8-9H2,1-2H3. The number of anilines is 1. The molecule has 1 fully saturated rings. The van der Waals surface area contributed by atoms with Crippen LogP contribution < -0.4 is 4.90 Å². The largest absolute Gasteiger partial charge is 0.370 e. The van der Waals surface area contributed by atoms with Gasteiger partial charge in [0.2, 0.25) is 0 Å². The van der Waals surface area contributed by atoms with E-state index in [2.05, 4.69) is 30.9 Å². The van der Waals surface area contributed by atoms with Gasteiger partial charge in [-0.05, 0) is 29.5 Å². The van der Waals surface area contributed by atoms with Gasteiger partial charge in [-0.2, -0.15) is 0 Å². The first-order chi connectivity index (χ1) is 7.52. The van der Waals surface area contributed by atoms with Gasteiger partial charge in [-0.15, -0.1) is 11.6 Å². The Hall–Kier alpha value is -0.400. The van der Waals surface area contributed by atoms with Gasteiger partial charge in [-0.3, -0.25) is 0 Å². The van der Waals surface area contributed by atoms with Crippen molar-refractivity contribution >= 4 is 28.9 Å². The number of benzene rings is 1. The van der Waals surface area contributed by atoms with Crippen LogP contribution in [-0.4, -0.2) is 13.1 Å². The maximum absolute atomic E-state index is 6.28. The third kappa shape index (κ3) is 2.46. The van der Waals surface area contributed by atoms with Gasteiger partial charge in [0, 0.05) is 19.0 Å². The summed E-state index contributed by atoms with van der Waals surface area (Å²) in [6.07, 6.45) is 1.22. The molecule has 1 aliphatic heterocycles. The molecule has 1 aliphatic rings. The zero-order valence-corrected chi connectivity index (χ0v) is 11.3.